The maximum absolute atomic E-state index is 12.8. The van der Waals surface area contributed by atoms with E-state index in [4.69, 9.17) is 26.4 Å². The molecule has 0 bridgehead atoms. The predicted molar refractivity (Wildman–Crippen MR) is 98.1 cm³/mol. The van der Waals surface area contributed by atoms with Gasteiger partial charge < -0.3 is 29.3 Å². The Bertz CT molecular complexity index is 622. The van der Waals surface area contributed by atoms with E-state index in [0.29, 0.717) is 56.9 Å². The number of para-hydroxylation sites is 2. The Balaban J connectivity index is 1.75. The van der Waals surface area contributed by atoms with Crippen molar-refractivity contribution in [1.29, 1.82) is 0 Å². The van der Waals surface area contributed by atoms with Gasteiger partial charge in [0, 0.05) is 26.7 Å². The fourth-order valence-electron chi connectivity index (χ4n) is 2.90. The molecule has 0 saturated carbocycles. The summed E-state index contributed by atoms with van der Waals surface area (Å²) in [5.74, 6) is 0.638. The van der Waals surface area contributed by atoms with Crippen LogP contribution in [0, 0.1) is 0 Å². The van der Waals surface area contributed by atoms with Gasteiger partial charge in [0.1, 0.15) is 5.75 Å². The van der Waals surface area contributed by atoms with Crippen molar-refractivity contribution in [1.82, 2.24) is 10.2 Å². The highest BCUT2D eigenvalue weighted by molar-refractivity contribution is 7.80. The molecule has 25 heavy (non-hydrogen) atoms. The minimum atomic E-state index is -0.588. The largest absolute Gasteiger partial charge is 0.476 e. The van der Waals surface area contributed by atoms with Crippen LogP contribution in [0.2, 0.25) is 0 Å². The number of fused-ring (bicyclic) bond motifs is 1. The molecular formula is C17H23N3O4S. The second-order valence-electron chi connectivity index (χ2n) is 5.85. The van der Waals surface area contributed by atoms with E-state index in [1.807, 2.05) is 29.2 Å². The lowest BCUT2D eigenvalue weighted by Gasteiger charge is -2.38. The van der Waals surface area contributed by atoms with Crippen LogP contribution in [-0.4, -0.2) is 75.1 Å². The highest BCUT2D eigenvalue weighted by Crippen LogP contribution is 2.33. The Hall–Kier alpha value is -1.90. The number of carbonyl (C=O) groups excluding carboxylic acids is 1. The molecule has 1 amide bonds. The summed E-state index contributed by atoms with van der Waals surface area (Å²) in [6.45, 7) is 3.87. The van der Waals surface area contributed by atoms with Gasteiger partial charge in [0.05, 0.1) is 32.1 Å². The third kappa shape index (κ3) is 4.20. The summed E-state index contributed by atoms with van der Waals surface area (Å²) >= 11 is 5.52. The van der Waals surface area contributed by atoms with Crippen molar-refractivity contribution in [3.63, 3.8) is 0 Å². The van der Waals surface area contributed by atoms with E-state index in [-0.39, 0.29) is 5.91 Å². The van der Waals surface area contributed by atoms with Crippen molar-refractivity contribution in [2.24, 2.45) is 0 Å². The van der Waals surface area contributed by atoms with Gasteiger partial charge in [-0.15, -0.1) is 0 Å². The minimum absolute atomic E-state index is 0.0255. The number of nitrogens with one attached hydrogen (secondary N) is 1. The summed E-state index contributed by atoms with van der Waals surface area (Å²) in [5, 5.41) is 3.73. The SMILES string of the molecule is COCCNC(=S)N1C[C@H](C(=O)N2CCOCC2)Oc2ccccc21. The Morgan fingerprint density at radius 1 is 1.36 bits per heavy atom. The zero-order valence-corrected chi connectivity index (χ0v) is 15.1. The molecule has 1 fully saturated rings. The third-order valence-electron chi connectivity index (χ3n) is 4.20. The highest BCUT2D eigenvalue weighted by atomic mass is 32.1. The zero-order chi connectivity index (χ0) is 17.6. The monoisotopic (exact) mass is 365 g/mol. The van der Waals surface area contributed by atoms with Crippen LogP contribution in [0.25, 0.3) is 0 Å². The number of benzene rings is 1. The normalized spacial score (nSPS) is 19.8. The smallest absolute Gasteiger partial charge is 0.265 e. The lowest BCUT2D eigenvalue weighted by Crippen LogP contribution is -2.55. The van der Waals surface area contributed by atoms with Gasteiger partial charge in [0.15, 0.2) is 11.2 Å². The van der Waals surface area contributed by atoms with Gasteiger partial charge in [-0.2, -0.15) is 0 Å². The molecule has 0 aromatic heterocycles. The molecular weight excluding hydrogens is 342 g/mol. The number of thiocarbonyl (C=S) groups is 1. The number of nitrogens with zero attached hydrogens (tertiary/aromatic N) is 2. The van der Waals surface area contributed by atoms with Gasteiger partial charge in [0.2, 0.25) is 0 Å². The highest BCUT2D eigenvalue weighted by Gasteiger charge is 2.35. The van der Waals surface area contributed by atoms with Crippen molar-refractivity contribution in [2.45, 2.75) is 6.10 Å². The van der Waals surface area contributed by atoms with Gasteiger partial charge in [-0.3, -0.25) is 4.79 Å². The first-order valence-electron chi connectivity index (χ1n) is 8.37. The predicted octanol–water partition coefficient (Wildman–Crippen LogP) is 0.634. The molecule has 136 valence electrons. The molecule has 1 aromatic rings. The number of methoxy groups -OCH3 is 1. The number of amides is 1. The lowest BCUT2D eigenvalue weighted by atomic mass is 10.1. The van der Waals surface area contributed by atoms with Gasteiger partial charge in [-0.25, -0.2) is 0 Å². The lowest BCUT2D eigenvalue weighted by molar-refractivity contribution is -0.142. The Kier molecular flexibility index (Phi) is 6.06. The fraction of sp³-hybridized carbons (Fsp3) is 0.529. The Morgan fingerprint density at radius 3 is 2.88 bits per heavy atom. The summed E-state index contributed by atoms with van der Waals surface area (Å²) in [6.07, 6.45) is -0.588. The maximum atomic E-state index is 12.8. The second-order valence-corrected chi connectivity index (χ2v) is 6.23. The molecule has 0 unspecified atom stereocenters. The molecule has 1 N–H and O–H groups in total. The third-order valence-corrected chi connectivity index (χ3v) is 4.56. The molecule has 2 aliphatic heterocycles. The number of hydrogen-bond acceptors (Lipinski definition) is 5. The summed E-state index contributed by atoms with van der Waals surface area (Å²) in [5.41, 5.74) is 0.864. The fourth-order valence-corrected chi connectivity index (χ4v) is 3.17. The summed E-state index contributed by atoms with van der Waals surface area (Å²) in [6, 6.07) is 7.62. The Labute approximate surface area is 152 Å². The zero-order valence-electron chi connectivity index (χ0n) is 14.3. The average molecular weight is 365 g/mol. The van der Waals surface area contributed by atoms with Crippen molar-refractivity contribution < 1.29 is 19.0 Å². The molecule has 0 radical (unpaired) electrons. The number of carbonyl (C=O) groups is 1. The van der Waals surface area contributed by atoms with E-state index >= 15 is 0 Å². The van der Waals surface area contributed by atoms with Gasteiger partial charge in [-0.1, -0.05) is 12.1 Å². The number of anilines is 1. The van der Waals surface area contributed by atoms with Crippen molar-refractivity contribution in [3.05, 3.63) is 24.3 Å². The molecule has 0 spiro atoms. The van der Waals surface area contributed by atoms with Crippen LogP contribution in [0.5, 0.6) is 5.75 Å². The molecule has 1 saturated heterocycles. The van der Waals surface area contributed by atoms with Gasteiger partial charge in [0.25, 0.3) is 5.91 Å². The van der Waals surface area contributed by atoms with E-state index in [1.165, 1.54) is 0 Å². The van der Waals surface area contributed by atoms with Gasteiger partial charge >= 0.3 is 0 Å². The number of hydrogen-bond donors (Lipinski definition) is 1. The van der Waals surface area contributed by atoms with Crippen LogP contribution < -0.4 is 15.0 Å². The van der Waals surface area contributed by atoms with Crippen LogP contribution in [0.3, 0.4) is 0 Å². The van der Waals surface area contributed by atoms with E-state index in [0.717, 1.165) is 5.69 Å². The van der Waals surface area contributed by atoms with Crippen LogP contribution in [-0.2, 0) is 14.3 Å². The van der Waals surface area contributed by atoms with Crippen molar-refractivity contribution in [3.8, 4) is 5.75 Å². The van der Waals surface area contributed by atoms with Gasteiger partial charge in [-0.05, 0) is 24.4 Å². The summed E-state index contributed by atoms with van der Waals surface area (Å²) in [7, 11) is 1.64. The molecule has 1 aromatic carbocycles. The number of morpholine rings is 1. The van der Waals surface area contributed by atoms with Crippen LogP contribution in [0.15, 0.2) is 24.3 Å². The quantitative estimate of drug-likeness (QED) is 0.620. The Morgan fingerprint density at radius 2 is 2.12 bits per heavy atom. The average Bonchev–Trinajstić information content (AvgIpc) is 2.67. The molecule has 7 nitrogen and oxygen atoms in total. The molecule has 1 atom stereocenters. The van der Waals surface area contributed by atoms with Crippen molar-refractivity contribution >= 4 is 28.9 Å². The molecule has 2 aliphatic rings. The molecule has 0 aliphatic carbocycles. The molecule has 3 rings (SSSR count). The van der Waals surface area contributed by atoms with E-state index in [2.05, 4.69) is 5.32 Å². The summed E-state index contributed by atoms with van der Waals surface area (Å²) in [4.78, 5) is 16.5. The molecule has 8 heteroatoms. The van der Waals surface area contributed by atoms with Crippen molar-refractivity contribution in [2.75, 3.05) is 58.0 Å². The first kappa shape index (κ1) is 17.9. The number of rotatable bonds is 4. The first-order valence-corrected chi connectivity index (χ1v) is 8.78. The summed E-state index contributed by atoms with van der Waals surface area (Å²) < 4.78 is 16.3. The van der Waals surface area contributed by atoms with E-state index in [1.54, 1.807) is 12.0 Å². The second kappa shape index (κ2) is 8.46. The van der Waals surface area contributed by atoms with Crippen LogP contribution >= 0.6 is 12.2 Å². The first-order chi connectivity index (χ1) is 12.2. The van der Waals surface area contributed by atoms with Crippen LogP contribution in [0.1, 0.15) is 0 Å². The van der Waals surface area contributed by atoms with E-state index in [9.17, 15) is 4.79 Å². The maximum Gasteiger partial charge on any atom is 0.265 e. The molecule has 2 heterocycles. The minimum Gasteiger partial charge on any atom is -0.476 e. The topological polar surface area (TPSA) is 63.3 Å². The number of ether oxygens (including phenoxy) is 3. The van der Waals surface area contributed by atoms with Crippen LogP contribution in [0.4, 0.5) is 5.69 Å². The van der Waals surface area contributed by atoms with E-state index < -0.39 is 6.10 Å². The standard InChI is InChI=1S/C17H23N3O4S/c1-22-9-6-18-17(25)20-12-15(16(21)19-7-10-23-11-8-19)24-14-5-3-2-4-13(14)20/h2-5,15H,6-12H2,1H3,(H,18,25)/t15-/m1/s1.